The Bertz CT molecular complexity index is 972. The molecule has 0 bridgehead atoms. The maximum atomic E-state index is 13.5. The molecule has 1 saturated heterocycles. The van der Waals surface area contributed by atoms with Crippen molar-refractivity contribution in [2.75, 3.05) is 6.61 Å². The Labute approximate surface area is 202 Å². The van der Waals surface area contributed by atoms with Gasteiger partial charge in [0.1, 0.15) is 11.6 Å². The fourth-order valence-corrected chi connectivity index (χ4v) is 3.92. The normalized spacial score (nSPS) is 20.5. The van der Waals surface area contributed by atoms with Crippen molar-refractivity contribution in [2.45, 2.75) is 64.6 Å². The number of hydrogen-bond acceptors (Lipinski definition) is 4. The summed E-state index contributed by atoms with van der Waals surface area (Å²) >= 11 is 0. The van der Waals surface area contributed by atoms with E-state index in [1.54, 1.807) is 6.92 Å². The van der Waals surface area contributed by atoms with E-state index in [2.05, 4.69) is 10.6 Å². The first-order valence-electron chi connectivity index (χ1n) is 12.1. The van der Waals surface area contributed by atoms with Crippen molar-refractivity contribution < 1.29 is 19.1 Å². The zero-order chi connectivity index (χ0) is 24.7. The summed E-state index contributed by atoms with van der Waals surface area (Å²) in [5, 5.41) is 5.89. The van der Waals surface area contributed by atoms with Crippen LogP contribution in [0.4, 0.5) is 0 Å². The Morgan fingerprint density at radius 3 is 1.79 bits per heavy atom. The number of rotatable bonds is 12. The fourth-order valence-electron chi connectivity index (χ4n) is 3.92. The van der Waals surface area contributed by atoms with Crippen LogP contribution in [0.15, 0.2) is 60.7 Å². The second-order valence-corrected chi connectivity index (χ2v) is 9.56. The highest BCUT2D eigenvalue weighted by molar-refractivity contribution is 5.98. The molecule has 2 aromatic carbocycles. The molecule has 2 aromatic rings. The van der Waals surface area contributed by atoms with Crippen LogP contribution in [0, 0.1) is 11.8 Å². The summed E-state index contributed by atoms with van der Waals surface area (Å²) in [6.45, 7) is 8.05. The zero-order valence-electron chi connectivity index (χ0n) is 20.5. The van der Waals surface area contributed by atoms with Crippen molar-refractivity contribution in [1.29, 1.82) is 0 Å². The number of ether oxygens (including phenoxy) is 1. The molecule has 3 rings (SSSR count). The first-order chi connectivity index (χ1) is 16.2. The molecule has 1 heterocycles. The molecule has 1 aliphatic rings. The van der Waals surface area contributed by atoms with Gasteiger partial charge in [-0.05, 0) is 30.4 Å². The highest BCUT2D eigenvalue weighted by atomic mass is 16.6. The van der Waals surface area contributed by atoms with Gasteiger partial charge in [-0.2, -0.15) is 0 Å². The van der Waals surface area contributed by atoms with E-state index in [-0.39, 0.29) is 29.4 Å². The van der Waals surface area contributed by atoms with Crippen molar-refractivity contribution in [1.82, 2.24) is 10.6 Å². The maximum absolute atomic E-state index is 13.5. The fraction of sp³-hybridized carbons (Fsp3) is 0.464. The molecule has 0 unspecified atom stereocenters. The first-order valence-corrected chi connectivity index (χ1v) is 12.1. The lowest BCUT2D eigenvalue weighted by atomic mass is 9.92. The highest BCUT2D eigenvalue weighted by Gasteiger charge is 2.50. The van der Waals surface area contributed by atoms with Gasteiger partial charge in [0.05, 0.1) is 12.6 Å². The predicted octanol–water partition coefficient (Wildman–Crippen LogP) is 3.48. The monoisotopic (exact) mass is 464 g/mol. The van der Waals surface area contributed by atoms with E-state index >= 15 is 0 Å². The quantitative estimate of drug-likeness (QED) is 0.471. The summed E-state index contributed by atoms with van der Waals surface area (Å²) in [4.78, 5) is 39.6. The van der Waals surface area contributed by atoms with Crippen molar-refractivity contribution in [2.24, 2.45) is 11.8 Å². The summed E-state index contributed by atoms with van der Waals surface area (Å²) in [6.07, 6.45) is 1.57. The van der Waals surface area contributed by atoms with E-state index in [0.717, 1.165) is 17.5 Å². The first kappa shape index (κ1) is 25.6. The number of carbonyl (C=O) groups excluding carboxylic acids is 3. The maximum Gasteiger partial charge on any atom is 0.243 e. The van der Waals surface area contributed by atoms with Crippen molar-refractivity contribution in [3.05, 3.63) is 71.8 Å². The molecule has 0 aliphatic carbocycles. The van der Waals surface area contributed by atoms with Gasteiger partial charge in [0, 0.05) is 12.3 Å². The van der Waals surface area contributed by atoms with E-state index in [1.807, 2.05) is 81.4 Å². The standard InChI is InChI=1S/C28H36N2O4/c1-5-19(2)20(3)26(32)30-24(17-22-14-10-7-11-15-22)27(33)29-23(25(31)28(4)18-34-28)16-21-12-8-6-9-13-21/h6-15,19-20,23-24H,5,16-18H2,1-4H3,(H,29,33)(H,30,32)/t19-,20+,23-,24-,28+/m0/s1. The number of Topliss-reactive ketones (excluding diaryl/α,β-unsaturated/α-hetero) is 1. The van der Waals surface area contributed by atoms with Crippen molar-refractivity contribution in [3.63, 3.8) is 0 Å². The molecule has 0 saturated carbocycles. The van der Waals surface area contributed by atoms with Gasteiger partial charge in [-0.25, -0.2) is 0 Å². The predicted molar refractivity (Wildman–Crippen MR) is 132 cm³/mol. The SMILES string of the molecule is CC[C@H](C)[C@@H](C)C(=O)N[C@@H](Cc1ccccc1)C(=O)N[C@@H](Cc1ccccc1)C(=O)[C@@]1(C)CO1. The van der Waals surface area contributed by atoms with Crippen LogP contribution in [0.25, 0.3) is 0 Å². The number of benzene rings is 2. The van der Waals surface area contributed by atoms with Crippen LogP contribution in [0.3, 0.4) is 0 Å². The summed E-state index contributed by atoms with van der Waals surface area (Å²) in [5.74, 6) is -0.709. The van der Waals surface area contributed by atoms with Crippen LogP contribution >= 0.6 is 0 Å². The number of hydrogen-bond donors (Lipinski definition) is 2. The Morgan fingerprint density at radius 1 is 0.853 bits per heavy atom. The molecular weight excluding hydrogens is 428 g/mol. The molecule has 2 amide bonds. The van der Waals surface area contributed by atoms with Crippen molar-refractivity contribution in [3.8, 4) is 0 Å². The zero-order valence-corrected chi connectivity index (χ0v) is 20.5. The smallest absolute Gasteiger partial charge is 0.243 e. The second kappa shape index (κ2) is 11.4. The number of carbonyl (C=O) groups is 3. The van der Waals surface area contributed by atoms with E-state index in [9.17, 15) is 14.4 Å². The summed E-state index contributed by atoms with van der Waals surface area (Å²) in [7, 11) is 0. The molecule has 6 nitrogen and oxygen atoms in total. The van der Waals surface area contributed by atoms with E-state index < -0.39 is 17.7 Å². The van der Waals surface area contributed by atoms with Crippen LogP contribution in [-0.2, 0) is 32.0 Å². The van der Waals surface area contributed by atoms with Crippen LogP contribution in [0.5, 0.6) is 0 Å². The van der Waals surface area contributed by atoms with Gasteiger partial charge in [-0.15, -0.1) is 0 Å². The molecule has 6 heteroatoms. The molecule has 0 radical (unpaired) electrons. The van der Waals surface area contributed by atoms with Crippen LogP contribution in [0.1, 0.15) is 45.2 Å². The Hall–Kier alpha value is -2.99. The lowest BCUT2D eigenvalue weighted by Gasteiger charge is -2.26. The minimum atomic E-state index is -0.865. The van der Waals surface area contributed by atoms with Gasteiger partial charge in [0.15, 0.2) is 5.78 Å². The number of epoxide rings is 1. The molecule has 0 spiro atoms. The second-order valence-electron chi connectivity index (χ2n) is 9.56. The van der Waals surface area contributed by atoms with Gasteiger partial charge in [-0.3, -0.25) is 14.4 Å². The van der Waals surface area contributed by atoms with E-state index in [0.29, 0.717) is 19.4 Å². The third kappa shape index (κ3) is 6.76. The molecule has 1 aliphatic heterocycles. The Kier molecular flexibility index (Phi) is 8.61. The Morgan fingerprint density at radius 2 is 1.32 bits per heavy atom. The molecule has 34 heavy (non-hydrogen) atoms. The summed E-state index contributed by atoms with van der Waals surface area (Å²) in [6, 6.07) is 17.6. The average Bonchev–Trinajstić information content (AvgIpc) is 3.61. The topological polar surface area (TPSA) is 87.8 Å². The van der Waals surface area contributed by atoms with Gasteiger partial charge in [-0.1, -0.05) is 87.9 Å². The third-order valence-electron chi connectivity index (χ3n) is 6.84. The summed E-state index contributed by atoms with van der Waals surface area (Å²) in [5.41, 5.74) is 1.01. The van der Waals surface area contributed by atoms with E-state index in [4.69, 9.17) is 4.74 Å². The van der Waals surface area contributed by atoms with Crippen LogP contribution < -0.4 is 10.6 Å². The van der Waals surface area contributed by atoms with Gasteiger partial charge >= 0.3 is 0 Å². The Balaban J connectivity index is 1.80. The molecular formula is C28H36N2O4. The highest BCUT2D eigenvalue weighted by Crippen LogP contribution is 2.29. The number of amides is 2. The lowest BCUT2D eigenvalue weighted by Crippen LogP contribution is -2.55. The van der Waals surface area contributed by atoms with Gasteiger partial charge < -0.3 is 15.4 Å². The third-order valence-corrected chi connectivity index (χ3v) is 6.84. The molecule has 182 valence electrons. The molecule has 5 atom stereocenters. The molecule has 0 aromatic heterocycles. The van der Waals surface area contributed by atoms with Crippen LogP contribution in [0.2, 0.25) is 0 Å². The minimum Gasteiger partial charge on any atom is -0.361 e. The average molecular weight is 465 g/mol. The minimum absolute atomic E-state index is 0.150. The lowest BCUT2D eigenvalue weighted by molar-refractivity contribution is -0.134. The molecule has 2 N–H and O–H groups in total. The van der Waals surface area contributed by atoms with Crippen LogP contribution in [-0.4, -0.2) is 41.9 Å². The van der Waals surface area contributed by atoms with Gasteiger partial charge in [0.25, 0.3) is 0 Å². The number of nitrogens with one attached hydrogen (secondary N) is 2. The van der Waals surface area contributed by atoms with E-state index in [1.165, 1.54) is 0 Å². The number of ketones is 1. The summed E-state index contributed by atoms with van der Waals surface area (Å²) < 4.78 is 5.38. The molecule has 1 fully saturated rings. The van der Waals surface area contributed by atoms with Crippen molar-refractivity contribution >= 4 is 17.6 Å². The largest absolute Gasteiger partial charge is 0.361 e. The van der Waals surface area contributed by atoms with Gasteiger partial charge in [0.2, 0.25) is 11.8 Å².